The summed E-state index contributed by atoms with van der Waals surface area (Å²) >= 11 is 5.92. The van der Waals surface area contributed by atoms with Crippen LogP contribution >= 0.6 is 11.6 Å². The molecule has 1 aromatic carbocycles. The lowest BCUT2D eigenvalue weighted by atomic mass is 10.1. The molecule has 0 spiro atoms. The molecule has 0 aliphatic heterocycles. The van der Waals surface area contributed by atoms with Gasteiger partial charge in [0.1, 0.15) is 18.6 Å². The molecule has 5 heteroatoms. The zero-order valence-corrected chi connectivity index (χ0v) is 10.1. The zero-order valence-electron chi connectivity index (χ0n) is 9.39. The molecule has 0 bridgehead atoms. The second-order valence-corrected chi connectivity index (χ2v) is 4.23. The number of aromatic nitrogens is 1. The number of ether oxygens (including phenoxy) is 1. The predicted octanol–water partition coefficient (Wildman–Crippen LogP) is 2.93. The van der Waals surface area contributed by atoms with Crippen LogP contribution in [0.4, 0.5) is 0 Å². The minimum atomic E-state index is -0.133. The van der Waals surface area contributed by atoms with Gasteiger partial charge in [0, 0.05) is 22.2 Å². The van der Waals surface area contributed by atoms with Crippen molar-refractivity contribution in [3.8, 4) is 5.75 Å². The molecule has 0 unspecified atom stereocenters. The lowest BCUT2D eigenvalue weighted by molar-refractivity contribution is 0.300. The number of nitrogens with zero attached hydrogens (tertiary/aromatic N) is 1. The van der Waals surface area contributed by atoms with E-state index in [0.29, 0.717) is 11.6 Å². The molecule has 0 saturated carbocycles. The highest BCUT2D eigenvalue weighted by atomic mass is 35.5. The molecule has 17 heavy (non-hydrogen) atoms. The monoisotopic (exact) mass is 252 g/mol. The van der Waals surface area contributed by atoms with E-state index in [-0.39, 0.29) is 6.04 Å². The van der Waals surface area contributed by atoms with Crippen LogP contribution in [-0.2, 0) is 6.61 Å². The van der Waals surface area contributed by atoms with Crippen LogP contribution in [0.15, 0.2) is 35.2 Å². The summed E-state index contributed by atoms with van der Waals surface area (Å²) in [4.78, 5) is 0. The van der Waals surface area contributed by atoms with Gasteiger partial charge in [-0.15, -0.1) is 0 Å². The molecule has 0 saturated heterocycles. The first-order valence-corrected chi connectivity index (χ1v) is 5.60. The summed E-state index contributed by atoms with van der Waals surface area (Å²) in [5.74, 6) is 0.727. The third kappa shape index (κ3) is 2.99. The maximum atomic E-state index is 5.92. The molecule has 2 rings (SSSR count). The average Bonchev–Trinajstić information content (AvgIpc) is 2.80. The lowest BCUT2D eigenvalue weighted by Crippen LogP contribution is -2.08. The fraction of sp³-hybridized carbons (Fsp3) is 0.250. The molecule has 1 aromatic heterocycles. The number of benzene rings is 1. The van der Waals surface area contributed by atoms with Gasteiger partial charge in [0.15, 0.2) is 0 Å². The molecule has 2 aromatic rings. The van der Waals surface area contributed by atoms with E-state index in [2.05, 4.69) is 5.16 Å². The third-order valence-electron chi connectivity index (χ3n) is 2.34. The van der Waals surface area contributed by atoms with Gasteiger partial charge in [-0.3, -0.25) is 0 Å². The van der Waals surface area contributed by atoms with Crippen LogP contribution in [0.1, 0.15) is 24.1 Å². The molecule has 0 aliphatic rings. The predicted molar refractivity (Wildman–Crippen MR) is 64.9 cm³/mol. The SMILES string of the molecule is C[C@@H](N)c1cc(Cl)ccc1OCc1cnoc1. The molecule has 4 nitrogen and oxygen atoms in total. The van der Waals surface area contributed by atoms with E-state index in [9.17, 15) is 0 Å². The highest BCUT2D eigenvalue weighted by molar-refractivity contribution is 6.30. The van der Waals surface area contributed by atoms with Crippen molar-refractivity contribution in [1.29, 1.82) is 0 Å². The number of hydrogen-bond acceptors (Lipinski definition) is 4. The molecule has 0 amide bonds. The molecular formula is C12H13ClN2O2. The first-order valence-electron chi connectivity index (χ1n) is 5.23. The average molecular weight is 253 g/mol. The van der Waals surface area contributed by atoms with Gasteiger partial charge in [-0.05, 0) is 25.1 Å². The van der Waals surface area contributed by atoms with E-state index >= 15 is 0 Å². The summed E-state index contributed by atoms with van der Waals surface area (Å²) in [6, 6.07) is 5.27. The Morgan fingerprint density at radius 3 is 3.00 bits per heavy atom. The van der Waals surface area contributed by atoms with Gasteiger partial charge in [-0.1, -0.05) is 16.8 Å². The van der Waals surface area contributed by atoms with Gasteiger partial charge >= 0.3 is 0 Å². The van der Waals surface area contributed by atoms with Gasteiger partial charge in [0.05, 0.1) is 6.20 Å². The maximum Gasteiger partial charge on any atom is 0.130 e. The van der Waals surface area contributed by atoms with E-state index in [4.69, 9.17) is 26.6 Å². The topological polar surface area (TPSA) is 61.3 Å². The second kappa shape index (κ2) is 5.21. The first-order chi connectivity index (χ1) is 8.16. The van der Waals surface area contributed by atoms with E-state index in [0.717, 1.165) is 16.9 Å². The van der Waals surface area contributed by atoms with Crippen LogP contribution in [0.3, 0.4) is 0 Å². The fourth-order valence-electron chi connectivity index (χ4n) is 1.47. The van der Waals surface area contributed by atoms with Crippen LogP contribution in [0.25, 0.3) is 0 Å². The number of nitrogens with two attached hydrogens (primary N) is 1. The van der Waals surface area contributed by atoms with Crippen molar-refractivity contribution < 1.29 is 9.26 Å². The molecule has 90 valence electrons. The Morgan fingerprint density at radius 1 is 1.53 bits per heavy atom. The van der Waals surface area contributed by atoms with Gasteiger partial charge in [-0.2, -0.15) is 0 Å². The van der Waals surface area contributed by atoms with Crippen LogP contribution in [0.5, 0.6) is 5.75 Å². The molecular weight excluding hydrogens is 240 g/mol. The van der Waals surface area contributed by atoms with Gasteiger partial charge in [0.2, 0.25) is 0 Å². The van der Waals surface area contributed by atoms with E-state index in [1.807, 2.05) is 19.1 Å². The molecule has 2 N–H and O–H groups in total. The Labute approximate surface area is 104 Å². The van der Waals surface area contributed by atoms with Gasteiger partial charge in [0.25, 0.3) is 0 Å². The quantitative estimate of drug-likeness (QED) is 0.909. The summed E-state index contributed by atoms with van der Waals surface area (Å²) in [5.41, 5.74) is 7.62. The minimum absolute atomic E-state index is 0.133. The van der Waals surface area contributed by atoms with Crippen molar-refractivity contribution >= 4 is 11.6 Å². The van der Waals surface area contributed by atoms with Crippen molar-refractivity contribution in [3.05, 3.63) is 46.8 Å². The Kier molecular flexibility index (Phi) is 3.66. The van der Waals surface area contributed by atoms with Crippen molar-refractivity contribution in [2.45, 2.75) is 19.6 Å². The Balaban J connectivity index is 2.14. The maximum absolute atomic E-state index is 5.92. The van der Waals surface area contributed by atoms with E-state index in [1.165, 1.54) is 0 Å². The largest absolute Gasteiger partial charge is 0.488 e. The summed E-state index contributed by atoms with van der Waals surface area (Å²) in [7, 11) is 0. The van der Waals surface area contributed by atoms with Crippen molar-refractivity contribution in [2.24, 2.45) is 5.73 Å². The highest BCUT2D eigenvalue weighted by Crippen LogP contribution is 2.27. The summed E-state index contributed by atoms with van der Waals surface area (Å²) in [5, 5.41) is 4.25. The third-order valence-corrected chi connectivity index (χ3v) is 2.58. The fourth-order valence-corrected chi connectivity index (χ4v) is 1.65. The summed E-state index contributed by atoms with van der Waals surface area (Å²) in [6.07, 6.45) is 3.16. The molecule has 0 aliphatic carbocycles. The minimum Gasteiger partial charge on any atom is -0.488 e. The number of rotatable bonds is 4. The molecule has 0 radical (unpaired) electrons. The highest BCUT2D eigenvalue weighted by Gasteiger charge is 2.09. The smallest absolute Gasteiger partial charge is 0.130 e. The Hall–Kier alpha value is -1.52. The van der Waals surface area contributed by atoms with Crippen molar-refractivity contribution in [2.75, 3.05) is 0 Å². The standard InChI is InChI=1S/C12H13ClN2O2/c1-8(14)11-4-10(13)2-3-12(11)16-6-9-5-15-17-7-9/h2-5,7-8H,6,14H2,1H3/t8-/m1/s1. The van der Waals surface area contributed by atoms with Gasteiger partial charge < -0.3 is 15.0 Å². The van der Waals surface area contributed by atoms with Crippen molar-refractivity contribution in [1.82, 2.24) is 5.16 Å². The number of hydrogen-bond donors (Lipinski definition) is 1. The van der Waals surface area contributed by atoms with Crippen LogP contribution in [0.2, 0.25) is 5.02 Å². The first kappa shape index (κ1) is 12.0. The lowest BCUT2D eigenvalue weighted by Gasteiger charge is -2.13. The zero-order chi connectivity index (χ0) is 12.3. The number of halogens is 1. The molecule has 0 fully saturated rings. The second-order valence-electron chi connectivity index (χ2n) is 3.79. The van der Waals surface area contributed by atoms with E-state index in [1.54, 1.807) is 18.5 Å². The van der Waals surface area contributed by atoms with Gasteiger partial charge in [-0.25, -0.2) is 0 Å². The van der Waals surface area contributed by atoms with Crippen LogP contribution in [-0.4, -0.2) is 5.16 Å². The summed E-state index contributed by atoms with van der Waals surface area (Å²) < 4.78 is 10.4. The van der Waals surface area contributed by atoms with Crippen LogP contribution in [0, 0.1) is 0 Å². The Bertz CT molecular complexity index is 483. The van der Waals surface area contributed by atoms with Crippen LogP contribution < -0.4 is 10.5 Å². The Morgan fingerprint density at radius 2 is 2.35 bits per heavy atom. The van der Waals surface area contributed by atoms with E-state index < -0.39 is 0 Å². The molecule has 1 atom stereocenters. The van der Waals surface area contributed by atoms with Crippen molar-refractivity contribution in [3.63, 3.8) is 0 Å². The molecule has 1 heterocycles. The summed E-state index contributed by atoms with van der Waals surface area (Å²) in [6.45, 7) is 2.28. The normalized spacial score (nSPS) is 12.4.